The molecule has 2 aromatic rings. The Balaban J connectivity index is 1.99. The molecule has 0 aliphatic carbocycles. The number of hydrogen-bond donors (Lipinski definition) is 1. The molecular formula is C21H21F3N6O. The second kappa shape index (κ2) is 8.99. The molecule has 0 spiro atoms. The van der Waals surface area contributed by atoms with E-state index in [0.29, 0.717) is 35.9 Å². The summed E-state index contributed by atoms with van der Waals surface area (Å²) in [7, 11) is 1.86. The number of aliphatic imine (C=N–C) groups is 2. The van der Waals surface area contributed by atoms with Crippen LogP contribution in [0, 0.1) is 0 Å². The summed E-state index contributed by atoms with van der Waals surface area (Å²) in [4.78, 5) is 28.4. The van der Waals surface area contributed by atoms with Crippen LogP contribution in [-0.2, 0) is 6.18 Å². The molecule has 1 N–H and O–H groups in total. The van der Waals surface area contributed by atoms with Crippen molar-refractivity contribution < 1.29 is 18.0 Å². The molecule has 1 aromatic carbocycles. The number of rotatable bonds is 4. The Morgan fingerprint density at radius 1 is 1.26 bits per heavy atom. The highest BCUT2D eigenvalue weighted by Crippen LogP contribution is 2.35. The number of aromatic nitrogens is 1. The summed E-state index contributed by atoms with van der Waals surface area (Å²) < 4.78 is 39.3. The van der Waals surface area contributed by atoms with Gasteiger partial charge in [0, 0.05) is 31.9 Å². The average molecular weight is 430 g/mol. The number of anilines is 2. The molecule has 0 saturated heterocycles. The lowest BCUT2D eigenvalue weighted by Crippen LogP contribution is -2.47. The van der Waals surface area contributed by atoms with Gasteiger partial charge in [0.15, 0.2) is 11.6 Å². The van der Waals surface area contributed by atoms with E-state index in [1.807, 2.05) is 11.9 Å². The van der Waals surface area contributed by atoms with Crippen LogP contribution in [0.5, 0.6) is 0 Å². The van der Waals surface area contributed by atoms with Gasteiger partial charge in [0.2, 0.25) is 0 Å². The molecule has 1 aliphatic heterocycles. The Morgan fingerprint density at radius 2 is 2.03 bits per heavy atom. The molecule has 2 heterocycles. The standard InChI is InChI=1S/C21H21F3N6O/c1-4-26-18(13-25-2)28-20(31)30-11-10-29(3)17-9-8-16(27-19(17)30)14-6-5-7-15(12-14)21(22,23)24/h4-9,12-13H,2,10-11H2,1,3H3,(H,28,31)/b18-13+,26-4-. The summed E-state index contributed by atoms with van der Waals surface area (Å²) in [6.07, 6.45) is -1.65. The van der Waals surface area contributed by atoms with Crippen molar-refractivity contribution in [3.8, 4) is 11.3 Å². The number of likely N-dealkylation sites (N-methyl/N-ethyl adjacent to an activating group) is 1. The predicted octanol–water partition coefficient (Wildman–Crippen LogP) is 4.32. The molecule has 0 fully saturated rings. The summed E-state index contributed by atoms with van der Waals surface area (Å²) in [5.41, 5.74) is 0.551. The van der Waals surface area contributed by atoms with Crippen LogP contribution in [-0.4, -0.2) is 44.1 Å². The normalized spacial score (nSPS) is 14.5. The topological polar surface area (TPSA) is 73.2 Å². The number of hydrogen-bond acceptors (Lipinski definition) is 5. The molecule has 7 nitrogen and oxygen atoms in total. The van der Waals surface area contributed by atoms with E-state index in [-0.39, 0.29) is 5.82 Å². The summed E-state index contributed by atoms with van der Waals surface area (Å²) >= 11 is 0. The molecule has 0 radical (unpaired) electrons. The quantitative estimate of drug-likeness (QED) is 0.734. The third-order valence-electron chi connectivity index (χ3n) is 4.63. The third kappa shape index (κ3) is 4.90. The van der Waals surface area contributed by atoms with E-state index in [9.17, 15) is 18.0 Å². The van der Waals surface area contributed by atoms with E-state index >= 15 is 0 Å². The number of nitrogens with zero attached hydrogens (tertiary/aromatic N) is 5. The van der Waals surface area contributed by atoms with Gasteiger partial charge >= 0.3 is 12.2 Å². The number of amides is 2. The summed E-state index contributed by atoms with van der Waals surface area (Å²) in [5, 5.41) is 2.64. The first-order chi connectivity index (χ1) is 14.7. The van der Waals surface area contributed by atoms with Crippen molar-refractivity contribution in [1.82, 2.24) is 10.3 Å². The van der Waals surface area contributed by atoms with Crippen LogP contribution in [0.2, 0.25) is 0 Å². The first kappa shape index (κ1) is 22.0. The Kier molecular flexibility index (Phi) is 6.38. The van der Waals surface area contributed by atoms with Gasteiger partial charge in [-0.25, -0.2) is 14.8 Å². The highest BCUT2D eigenvalue weighted by atomic mass is 19.4. The second-order valence-electron chi connectivity index (χ2n) is 6.71. The number of pyridine rings is 1. The minimum atomic E-state index is -4.46. The van der Waals surface area contributed by atoms with Crippen molar-refractivity contribution in [2.45, 2.75) is 13.1 Å². The SMILES string of the molecule is C=N/C=C(\N=C/C)NC(=O)N1CCN(C)c2ccc(-c3cccc(C(F)(F)F)c3)nc21. The second-order valence-corrected chi connectivity index (χ2v) is 6.71. The largest absolute Gasteiger partial charge is 0.416 e. The van der Waals surface area contributed by atoms with E-state index in [1.54, 1.807) is 25.1 Å². The van der Waals surface area contributed by atoms with Crippen molar-refractivity contribution >= 4 is 30.5 Å². The number of alkyl halides is 3. The highest BCUT2D eigenvalue weighted by Gasteiger charge is 2.31. The van der Waals surface area contributed by atoms with Gasteiger partial charge in [-0.2, -0.15) is 13.2 Å². The lowest BCUT2D eigenvalue weighted by atomic mass is 10.1. The maximum Gasteiger partial charge on any atom is 0.416 e. The number of carbonyl (C=O) groups is 1. The van der Waals surface area contributed by atoms with E-state index in [1.165, 1.54) is 23.4 Å². The Hall–Kier alpha value is -3.69. The molecule has 2 amide bonds. The Morgan fingerprint density at radius 3 is 2.71 bits per heavy atom. The fourth-order valence-electron chi connectivity index (χ4n) is 3.13. The van der Waals surface area contributed by atoms with Gasteiger partial charge in [0.25, 0.3) is 0 Å². The van der Waals surface area contributed by atoms with Gasteiger partial charge in [-0.1, -0.05) is 12.1 Å². The highest BCUT2D eigenvalue weighted by molar-refractivity contribution is 5.96. The van der Waals surface area contributed by atoms with Crippen LogP contribution in [0.4, 0.5) is 29.5 Å². The lowest BCUT2D eigenvalue weighted by molar-refractivity contribution is -0.137. The van der Waals surface area contributed by atoms with Crippen LogP contribution < -0.4 is 15.1 Å². The van der Waals surface area contributed by atoms with Crippen LogP contribution in [0.1, 0.15) is 12.5 Å². The minimum absolute atomic E-state index is 0.206. The number of halogens is 3. The molecule has 0 saturated carbocycles. The molecule has 1 aromatic heterocycles. The smallest absolute Gasteiger partial charge is 0.370 e. The lowest BCUT2D eigenvalue weighted by Gasteiger charge is -2.34. The number of benzene rings is 1. The molecule has 0 atom stereocenters. The predicted molar refractivity (Wildman–Crippen MR) is 116 cm³/mol. The number of carbonyl (C=O) groups excluding carboxylic acids is 1. The van der Waals surface area contributed by atoms with Gasteiger partial charge in [0.05, 0.1) is 23.1 Å². The maximum absolute atomic E-state index is 13.1. The molecule has 31 heavy (non-hydrogen) atoms. The van der Waals surface area contributed by atoms with Crippen LogP contribution in [0.25, 0.3) is 11.3 Å². The Labute approximate surface area is 177 Å². The van der Waals surface area contributed by atoms with E-state index in [2.05, 4.69) is 27.0 Å². The monoisotopic (exact) mass is 430 g/mol. The molecule has 3 rings (SSSR count). The molecule has 1 aliphatic rings. The summed E-state index contributed by atoms with van der Waals surface area (Å²) in [6.45, 7) is 5.93. The van der Waals surface area contributed by atoms with Crippen molar-refractivity contribution in [2.24, 2.45) is 9.98 Å². The van der Waals surface area contributed by atoms with Crippen LogP contribution in [0.3, 0.4) is 0 Å². The fourth-order valence-corrected chi connectivity index (χ4v) is 3.13. The van der Waals surface area contributed by atoms with Crippen molar-refractivity contribution in [1.29, 1.82) is 0 Å². The number of fused-ring (bicyclic) bond motifs is 1. The first-order valence-electron chi connectivity index (χ1n) is 9.37. The zero-order valence-electron chi connectivity index (χ0n) is 17.0. The van der Waals surface area contributed by atoms with E-state index < -0.39 is 17.8 Å². The third-order valence-corrected chi connectivity index (χ3v) is 4.63. The van der Waals surface area contributed by atoms with E-state index in [0.717, 1.165) is 12.1 Å². The molecular weight excluding hydrogens is 409 g/mol. The molecule has 0 unspecified atom stereocenters. The fraction of sp³-hybridized carbons (Fsp3) is 0.238. The number of urea groups is 1. The van der Waals surface area contributed by atoms with E-state index in [4.69, 9.17) is 0 Å². The molecule has 0 bridgehead atoms. The van der Waals surface area contributed by atoms with Gasteiger partial charge in [-0.3, -0.25) is 15.2 Å². The van der Waals surface area contributed by atoms with Gasteiger partial charge < -0.3 is 4.90 Å². The molecule has 162 valence electrons. The summed E-state index contributed by atoms with van der Waals surface area (Å²) in [5.74, 6) is 0.546. The van der Waals surface area contributed by atoms with Gasteiger partial charge in [-0.15, -0.1) is 0 Å². The zero-order chi connectivity index (χ0) is 22.6. The van der Waals surface area contributed by atoms with Gasteiger partial charge in [0.1, 0.15) is 0 Å². The van der Waals surface area contributed by atoms with Crippen LogP contribution in [0.15, 0.2) is 58.4 Å². The van der Waals surface area contributed by atoms with Gasteiger partial charge in [-0.05, 0) is 37.9 Å². The first-order valence-corrected chi connectivity index (χ1v) is 9.37. The summed E-state index contributed by atoms with van der Waals surface area (Å²) in [6, 6.07) is 7.82. The van der Waals surface area contributed by atoms with Crippen molar-refractivity contribution in [2.75, 3.05) is 29.9 Å². The van der Waals surface area contributed by atoms with Crippen LogP contribution >= 0.6 is 0 Å². The molecule has 10 heteroatoms. The minimum Gasteiger partial charge on any atom is -0.370 e. The maximum atomic E-state index is 13.1. The van der Waals surface area contributed by atoms with Crippen molar-refractivity contribution in [3.05, 3.63) is 54.0 Å². The Bertz CT molecular complexity index is 1050. The van der Waals surface area contributed by atoms with Crippen molar-refractivity contribution in [3.63, 3.8) is 0 Å². The average Bonchev–Trinajstić information content (AvgIpc) is 2.73. The number of nitrogens with one attached hydrogen (secondary N) is 1. The zero-order valence-corrected chi connectivity index (χ0v) is 17.0.